The summed E-state index contributed by atoms with van der Waals surface area (Å²) in [6, 6.07) is 30.4. The summed E-state index contributed by atoms with van der Waals surface area (Å²) in [5.74, 6) is 0. The minimum absolute atomic E-state index is 0.0787. The highest BCUT2D eigenvalue weighted by Gasteiger charge is 2.45. The molecule has 2 saturated heterocycles. The predicted octanol–water partition coefficient (Wildman–Crippen LogP) is 4.67. The van der Waals surface area contributed by atoms with Crippen molar-refractivity contribution < 1.29 is 9.64 Å². The van der Waals surface area contributed by atoms with Gasteiger partial charge in [0.15, 0.2) is 0 Å². The molecular formula is C29H32NO+. The first-order valence-electron chi connectivity index (χ1n) is 12.1. The molecule has 3 aliphatic rings. The number of rotatable bonds is 4. The van der Waals surface area contributed by atoms with Crippen LogP contribution in [0.5, 0.6) is 0 Å². The lowest BCUT2D eigenvalue weighted by molar-refractivity contribution is -0.955. The number of hydrogen-bond donors (Lipinski definition) is 1. The van der Waals surface area contributed by atoms with Crippen LogP contribution in [0.3, 0.4) is 0 Å². The van der Waals surface area contributed by atoms with Crippen LogP contribution in [0.2, 0.25) is 0 Å². The van der Waals surface area contributed by atoms with Crippen LogP contribution in [-0.4, -0.2) is 18.2 Å². The largest absolute Gasteiger partial charge is 0.365 e. The molecule has 2 unspecified atom stereocenters. The minimum Gasteiger partial charge on any atom is -0.365 e. The number of ether oxygens (including phenoxy) is 1. The summed E-state index contributed by atoms with van der Waals surface area (Å²) < 4.78 is 7.03. The molecule has 6 rings (SSSR count). The summed E-state index contributed by atoms with van der Waals surface area (Å²) in [6.07, 6.45) is 7.75. The van der Waals surface area contributed by atoms with Crippen LogP contribution < -0.4 is 4.90 Å². The molecule has 0 spiro atoms. The Morgan fingerprint density at radius 1 is 0.677 bits per heavy atom. The highest BCUT2D eigenvalue weighted by Crippen LogP contribution is 2.38. The standard InChI is InChI=1S/C29H31NO/c1-2-8-21(9-3-1)20-30-24-16-17-25(30)19-26(18-24)31-29-27-12-6-4-10-22(27)14-15-23-11-5-7-13-28(23)29/h1-13,24-26,29H,14-20H2/p+1/t24-,25+,26?. The lowest BCUT2D eigenvalue weighted by Gasteiger charge is -2.37. The van der Waals surface area contributed by atoms with Crippen molar-refractivity contribution in [1.82, 2.24) is 0 Å². The number of aryl methyl sites for hydroxylation is 2. The first-order valence-corrected chi connectivity index (χ1v) is 12.1. The average molecular weight is 411 g/mol. The number of piperidine rings is 1. The lowest BCUT2D eigenvalue weighted by Crippen LogP contribution is -3.17. The molecule has 4 atom stereocenters. The van der Waals surface area contributed by atoms with E-state index in [1.165, 1.54) is 53.5 Å². The molecule has 1 N–H and O–H groups in total. The number of quaternary nitrogens is 1. The van der Waals surface area contributed by atoms with Crippen molar-refractivity contribution in [3.63, 3.8) is 0 Å². The summed E-state index contributed by atoms with van der Waals surface area (Å²) >= 11 is 0. The summed E-state index contributed by atoms with van der Waals surface area (Å²) in [5.41, 5.74) is 7.16. The average Bonchev–Trinajstić information content (AvgIpc) is 2.98. The molecule has 31 heavy (non-hydrogen) atoms. The minimum atomic E-state index is 0.0787. The second-order valence-corrected chi connectivity index (χ2v) is 9.72. The summed E-state index contributed by atoms with van der Waals surface area (Å²) in [7, 11) is 0. The molecule has 0 aromatic heterocycles. The van der Waals surface area contributed by atoms with Gasteiger partial charge in [0.25, 0.3) is 0 Å². The van der Waals surface area contributed by atoms with Crippen LogP contribution in [0.1, 0.15) is 59.6 Å². The maximum atomic E-state index is 7.03. The maximum Gasteiger partial charge on any atom is 0.108 e. The monoisotopic (exact) mass is 410 g/mol. The van der Waals surface area contributed by atoms with Crippen LogP contribution in [0.25, 0.3) is 0 Å². The van der Waals surface area contributed by atoms with Crippen LogP contribution in [0.15, 0.2) is 78.9 Å². The topological polar surface area (TPSA) is 13.7 Å². The van der Waals surface area contributed by atoms with Gasteiger partial charge in [-0.1, -0.05) is 78.9 Å². The third-order valence-corrected chi connectivity index (χ3v) is 7.93. The van der Waals surface area contributed by atoms with Crippen LogP contribution in [-0.2, 0) is 24.1 Å². The number of fused-ring (bicyclic) bond motifs is 4. The molecule has 2 nitrogen and oxygen atoms in total. The smallest absolute Gasteiger partial charge is 0.108 e. The van der Waals surface area contributed by atoms with Gasteiger partial charge < -0.3 is 9.64 Å². The Morgan fingerprint density at radius 2 is 1.23 bits per heavy atom. The van der Waals surface area contributed by atoms with Gasteiger partial charge in [-0.2, -0.15) is 0 Å². The van der Waals surface area contributed by atoms with E-state index < -0.39 is 0 Å². The molecule has 3 aromatic carbocycles. The maximum absolute atomic E-state index is 7.03. The summed E-state index contributed by atoms with van der Waals surface area (Å²) in [4.78, 5) is 1.80. The molecule has 0 amide bonds. The van der Waals surface area contributed by atoms with Crippen molar-refractivity contribution in [3.05, 3.63) is 107 Å². The molecule has 158 valence electrons. The van der Waals surface area contributed by atoms with Crippen molar-refractivity contribution in [3.8, 4) is 0 Å². The highest BCUT2D eigenvalue weighted by molar-refractivity contribution is 5.43. The van der Waals surface area contributed by atoms with Gasteiger partial charge in [-0.25, -0.2) is 0 Å². The second-order valence-electron chi connectivity index (χ2n) is 9.72. The molecule has 3 aromatic rings. The zero-order valence-corrected chi connectivity index (χ0v) is 18.2. The molecule has 0 saturated carbocycles. The fourth-order valence-corrected chi connectivity index (χ4v) is 6.42. The molecule has 0 radical (unpaired) electrons. The summed E-state index contributed by atoms with van der Waals surface area (Å²) in [5, 5.41) is 0. The van der Waals surface area contributed by atoms with Gasteiger partial charge >= 0.3 is 0 Å². The second kappa shape index (κ2) is 8.26. The van der Waals surface area contributed by atoms with Gasteiger partial charge in [-0.3, -0.25) is 0 Å². The predicted molar refractivity (Wildman–Crippen MR) is 124 cm³/mol. The van der Waals surface area contributed by atoms with E-state index in [9.17, 15) is 0 Å². The van der Waals surface area contributed by atoms with Gasteiger partial charge in [0.2, 0.25) is 0 Å². The van der Waals surface area contributed by atoms with E-state index in [0.29, 0.717) is 6.10 Å². The molecule has 2 heterocycles. The zero-order valence-electron chi connectivity index (χ0n) is 18.2. The Labute approximate surface area is 185 Å². The Hall–Kier alpha value is -2.42. The van der Waals surface area contributed by atoms with E-state index in [2.05, 4.69) is 78.9 Å². The Morgan fingerprint density at radius 3 is 1.84 bits per heavy atom. The Balaban J connectivity index is 1.24. The number of benzene rings is 3. The molecule has 1 aliphatic carbocycles. The number of nitrogens with one attached hydrogen (secondary N) is 1. The van der Waals surface area contributed by atoms with Gasteiger partial charge in [-0.05, 0) is 35.1 Å². The third kappa shape index (κ3) is 3.73. The van der Waals surface area contributed by atoms with E-state index >= 15 is 0 Å². The number of hydrogen-bond acceptors (Lipinski definition) is 1. The normalized spacial score (nSPS) is 27.4. The van der Waals surface area contributed by atoms with Crippen LogP contribution in [0.4, 0.5) is 0 Å². The summed E-state index contributed by atoms with van der Waals surface area (Å²) in [6.45, 7) is 1.16. The Bertz CT molecular complexity index is 984. The van der Waals surface area contributed by atoms with Crippen molar-refractivity contribution in [2.45, 2.75) is 69.4 Å². The van der Waals surface area contributed by atoms with E-state index in [1.807, 2.05) is 0 Å². The molecule has 2 bridgehead atoms. The van der Waals surface area contributed by atoms with E-state index in [1.54, 1.807) is 4.90 Å². The SMILES string of the molecule is c1ccc(C[NH+]2[C@@H]3CC[C@H]2CC(OC2c4ccccc4CCc4ccccc42)C3)cc1. The molecular weight excluding hydrogens is 378 g/mol. The van der Waals surface area contributed by atoms with Crippen molar-refractivity contribution in [1.29, 1.82) is 0 Å². The van der Waals surface area contributed by atoms with Crippen molar-refractivity contribution in [2.75, 3.05) is 0 Å². The lowest BCUT2D eigenvalue weighted by atomic mass is 9.94. The molecule has 2 heteroatoms. The van der Waals surface area contributed by atoms with Crippen molar-refractivity contribution in [2.24, 2.45) is 0 Å². The van der Waals surface area contributed by atoms with Gasteiger partial charge in [-0.15, -0.1) is 0 Å². The fourth-order valence-electron chi connectivity index (χ4n) is 6.42. The zero-order chi connectivity index (χ0) is 20.6. The molecule has 2 aliphatic heterocycles. The van der Waals surface area contributed by atoms with Gasteiger partial charge in [0.1, 0.15) is 12.6 Å². The van der Waals surface area contributed by atoms with E-state index in [-0.39, 0.29) is 6.10 Å². The van der Waals surface area contributed by atoms with E-state index in [0.717, 1.165) is 31.5 Å². The fraction of sp³-hybridized carbons (Fsp3) is 0.379. The van der Waals surface area contributed by atoms with Gasteiger partial charge in [0, 0.05) is 31.2 Å². The van der Waals surface area contributed by atoms with Gasteiger partial charge in [0.05, 0.1) is 18.2 Å². The first kappa shape index (κ1) is 19.3. The highest BCUT2D eigenvalue weighted by atomic mass is 16.5. The van der Waals surface area contributed by atoms with Crippen molar-refractivity contribution >= 4 is 0 Å². The Kier molecular flexibility index (Phi) is 5.13. The van der Waals surface area contributed by atoms with Crippen LogP contribution in [0, 0.1) is 0 Å². The first-order chi connectivity index (χ1) is 15.3. The third-order valence-electron chi connectivity index (χ3n) is 7.93. The van der Waals surface area contributed by atoms with Crippen LogP contribution >= 0.6 is 0 Å². The van der Waals surface area contributed by atoms with E-state index in [4.69, 9.17) is 4.74 Å². The quantitative estimate of drug-likeness (QED) is 0.660. The molecule has 2 fully saturated rings.